The van der Waals surface area contributed by atoms with Gasteiger partial charge in [0.25, 0.3) is 11.8 Å². The summed E-state index contributed by atoms with van der Waals surface area (Å²) in [6.07, 6.45) is 0.916. The van der Waals surface area contributed by atoms with Gasteiger partial charge >= 0.3 is 12.1 Å². The second kappa shape index (κ2) is 13.6. The van der Waals surface area contributed by atoms with E-state index in [0.717, 1.165) is 12.8 Å². The summed E-state index contributed by atoms with van der Waals surface area (Å²) in [5.41, 5.74) is 0.508. The number of carbonyl (C=O) groups excluding carboxylic acids is 4. The van der Waals surface area contributed by atoms with Crippen molar-refractivity contribution in [3.05, 3.63) is 42.1 Å². The highest BCUT2D eigenvalue weighted by Crippen LogP contribution is 2.21. The first-order valence-electron chi connectivity index (χ1n) is 13.6. The van der Waals surface area contributed by atoms with Gasteiger partial charge in [-0.2, -0.15) is 5.10 Å². The number of para-hydroxylation sites is 1. The maximum atomic E-state index is 13.3. The number of carboxylic acids is 1. The van der Waals surface area contributed by atoms with Crippen molar-refractivity contribution >= 4 is 29.8 Å². The van der Waals surface area contributed by atoms with Gasteiger partial charge in [0.2, 0.25) is 11.8 Å². The first-order chi connectivity index (χ1) is 19.7. The molecule has 1 atom stereocenters. The molecule has 2 fully saturated rings. The fourth-order valence-corrected chi connectivity index (χ4v) is 4.27. The SMILES string of the molecule is CCOC(=O)N1CCN(C(=O)C(CCC(=O)O)NC(=O)c2cc(OCC(=O)NC3CC3)n(-c3ccccc3)n2)CC1. The number of ether oxygens (including phenoxy) is 2. The van der Waals surface area contributed by atoms with E-state index < -0.39 is 29.9 Å². The molecule has 1 unspecified atom stereocenters. The maximum absolute atomic E-state index is 13.3. The van der Waals surface area contributed by atoms with Crippen LogP contribution in [0.25, 0.3) is 5.69 Å². The minimum Gasteiger partial charge on any atom is -0.481 e. The third-order valence-electron chi connectivity index (χ3n) is 6.57. The summed E-state index contributed by atoms with van der Waals surface area (Å²) >= 11 is 0. The molecule has 41 heavy (non-hydrogen) atoms. The Labute approximate surface area is 236 Å². The van der Waals surface area contributed by atoms with Crippen LogP contribution in [0.4, 0.5) is 4.79 Å². The average molecular weight is 571 g/mol. The van der Waals surface area contributed by atoms with Gasteiger partial charge in [0.05, 0.1) is 12.3 Å². The number of hydrogen-bond donors (Lipinski definition) is 3. The lowest BCUT2D eigenvalue weighted by molar-refractivity contribution is -0.138. The molecule has 0 bridgehead atoms. The van der Waals surface area contributed by atoms with Crippen LogP contribution in [0.15, 0.2) is 36.4 Å². The van der Waals surface area contributed by atoms with E-state index in [-0.39, 0.29) is 75.8 Å². The Morgan fingerprint density at radius 1 is 1.05 bits per heavy atom. The van der Waals surface area contributed by atoms with Gasteiger partial charge in [-0.05, 0) is 38.3 Å². The lowest BCUT2D eigenvalue weighted by Gasteiger charge is -2.35. The van der Waals surface area contributed by atoms with Gasteiger partial charge in [0.1, 0.15) is 6.04 Å². The number of rotatable bonds is 12. The van der Waals surface area contributed by atoms with E-state index in [1.165, 1.54) is 20.5 Å². The van der Waals surface area contributed by atoms with Crippen molar-refractivity contribution in [2.24, 2.45) is 0 Å². The van der Waals surface area contributed by atoms with E-state index in [0.29, 0.717) is 5.69 Å². The molecule has 2 aromatic rings. The van der Waals surface area contributed by atoms with Crippen molar-refractivity contribution in [1.29, 1.82) is 0 Å². The van der Waals surface area contributed by atoms with Crippen LogP contribution in [0, 0.1) is 0 Å². The molecule has 1 aromatic carbocycles. The van der Waals surface area contributed by atoms with Gasteiger partial charge in [-0.25, -0.2) is 9.48 Å². The van der Waals surface area contributed by atoms with Gasteiger partial charge in [0.15, 0.2) is 12.3 Å². The smallest absolute Gasteiger partial charge is 0.409 e. The number of aliphatic carboxylic acids is 1. The molecule has 1 aromatic heterocycles. The zero-order valence-corrected chi connectivity index (χ0v) is 22.8. The summed E-state index contributed by atoms with van der Waals surface area (Å²) in [4.78, 5) is 65.0. The fourth-order valence-electron chi connectivity index (χ4n) is 4.27. The molecule has 3 N–H and O–H groups in total. The molecule has 220 valence electrons. The number of carboxylic acid groups (broad SMARTS) is 1. The van der Waals surface area contributed by atoms with E-state index in [9.17, 15) is 29.1 Å². The third-order valence-corrected chi connectivity index (χ3v) is 6.57. The number of nitrogens with zero attached hydrogens (tertiary/aromatic N) is 4. The zero-order chi connectivity index (χ0) is 29.4. The molecule has 1 saturated carbocycles. The Kier molecular flexibility index (Phi) is 9.77. The standard InChI is InChI=1S/C27H34N6O8/c1-2-40-27(39)32-14-12-31(13-15-32)26(38)20(10-11-24(35)36)29-25(37)21-16-23(41-17-22(34)28-18-8-9-18)33(30-21)19-6-4-3-5-7-19/h3-7,16,18,20H,2,8-15,17H2,1H3,(H,28,34)(H,29,37)(H,35,36). The summed E-state index contributed by atoms with van der Waals surface area (Å²) in [7, 11) is 0. The monoisotopic (exact) mass is 570 g/mol. The van der Waals surface area contributed by atoms with Crippen LogP contribution >= 0.6 is 0 Å². The summed E-state index contributed by atoms with van der Waals surface area (Å²) in [6.45, 7) is 2.59. The Hall–Kier alpha value is -4.62. The number of hydrogen-bond acceptors (Lipinski definition) is 8. The first kappa shape index (κ1) is 29.4. The number of amides is 4. The van der Waals surface area contributed by atoms with Gasteiger partial charge in [-0.1, -0.05) is 18.2 Å². The molecular formula is C27H34N6O8. The van der Waals surface area contributed by atoms with Crippen molar-refractivity contribution < 1.29 is 38.6 Å². The number of carbonyl (C=O) groups is 5. The Morgan fingerprint density at radius 3 is 2.37 bits per heavy atom. The molecule has 0 spiro atoms. The van der Waals surface area contributed by atoms with Gasteiger partial charge in [-0.15, -0.1) is 0 Å². The van der Waals surface area contributed by atoms with E-state index in [4.69, 9.17) is 9.47 Å². The highest BCUT2D eigenvalue weighted by molar-refractivity contribution is 5.96. The lowest BCUT2D eigenvalue weighted by atomic mass is 10.1. The quantitative estimate of drug-likeness (QED) is 0.334. The Balaban J connectivity index is 1.47. The Bertz CT molecular complexity index is 1250. The molecular weight excluding hydrogens is 536 g/mol. The molecule has 2 aliphatic rings. The molecule has 14 nitrogen and oxygen atoms in total. The lowest BCUT2D eigenvalue weighted by Crippen LogP contribution is -2.56. The summed E-state index contributed by atoms with van der Waals surface area (Å²) in [5.74, 6) is -2.42. The molecule has 4 amide bonds. The molecule has 14 heteroatoms. The number of aromatic nitrogens is 2. The van der Waals surface area contributed by atoms with Gasteiger partial charge in [0, 0.05) is 44.7 Å². The third kappa shape index (κ3) is 8.19. The molecule has 4 rings (SSSR count). The van der Waals surface area contributed by atoms with Crippen molar-refractivity contribution in [2.45, 2.75) is 44.7 Å². The van der Waals surface area contributed by atoms with E-state index in [2.05, 4.69) is 15.7 Å². The summed E-state index contributed by atoms with van der Waals surface area (Å²) in [6, 6.07) is 9.27. The predicted molar refractivity (Wildman–Crippen MR) is 144 cm³/mol. The van der Waals surface area contributed by atoms with Crippen LogP contribution in [-0.2, 0) is 19.1 Å². The largest absolute Gasteiger partial charge is 0.481 e. The van der Waals surface area contributed by atoms with E-state index in [1.54, 1.807) is 31.2 Å². The normalized spacial score (nSPS) is 15.5. The highest BCUT2D eigenvalue weighted by atomic mass is 16.6. The predicted octanol–water partition coefficient (Wildman–Crippen LogP) is 0.794. The van der Waals surface area contributed by atoms with E-state index in [1.807, 2.05) is 6.07 Å². The molecule has 1 aliphatic heterocycles. The number of nitrogens with one attached hydrogen (secondary N) is 2. The Morgan fingerprint density at radius 2 is 1.73 bits per heavy atom. The van der Waals surface area contributed by atoms with Crippen molar-refractivity contribution in [3.63, 3.8) is 0 Å². The van der Waals surface area contributed by atoms with Crippen LogP contribution in [0.2, 0.25) is 0 Å². The highest BCUT2D eigenvalue weighted by Gasteiger charge is 2.32. The van der Waals surface area contributed by atoms with Crippen molar-refractivity contribution in [3.8, 4) is 11.6 Å². The molecule has 2 heterocycles. The first-order valence-corrected chi connectivity index (χ1v) is 13.6. The van der Waals surface area contributed by atoms with Crippen molar-refractivity contribution in [1.82, 2.24) is 30.2 Å². The van der Waals surface area contributed by atoms with Crippen molar-refractivity contribution in [2.75, 3.05) is 39.4 Å². The molecule has 1 saturated heterocycles. The van der Waals surface area contributed by atoms with Gasteiger partial charge < -0.3 is 35.0 Å². The molecule has 1 aliphatic carbocycles. The molecule has 0 radical (unpaired) electrons. The fraction of sp³-hybridized carbons (Fsp3) is 0.481. The van der Waals surface area contributed by atoms with Crippen LogP contribution in [0.1, 0.15) is 43.1 Å². The average Bonchev–Trinajstić information content (AvgIpc) is 3.68. The second-order valence-corrected chi connectivity index (χ2v) is 9.72. The van der Waals surface area contributed by atoms with Crippen LogP contribution in [0.5, 0.6) is 5.88 Å². The number of piperazine rings is 1. The topological polar surface area (TPSA) is 172 Å². The second-order valence-electron chi connectivity index (χ2n) is 9.72. The van der Waals surface area contributed by atoms with Crippen LogP contribution in [0.3, 0.4) is 0 Å². The zero-order valence-electron chi connectivity index (χ0n) is 22.8. The number of benzene rings is 1. The summed E-state index contributed by atoms with van der Waals surface area (Å²) in [5, 5.41) is 19.0. The maximum Gasteiger partial charge on any atom is 0.409 e. The van der Waals surface area contributed by atoms with Crippen LogP contribution in [-0.4, -0.2) is 106 Å². The minimum atomic E-state index is -1.14. The van der Waals surface area contributed by atoms with Gasteiger partial charge in [-0.3, -0.25) is 19.2 Å². The van der Waals surface area contributed by atoms with E-state index >= 15 is 0 Å². The van der Waals surface area contributed by atoms with Crippen LogP contribution < -0.4 is 15.4 Å². The summed E-state index contributed by atoms with van der Waals surface area (Å²) < 4.78 is 12.1. The minimum absolute atomic E-state index is 0.0771.